The van der Waals surface area contributed by atoms with Crippen LogP contribution in [0, 0.1) is 5.92 Å². The van der Waals surface area contributed by atoms with Crippen molar-refractivity contribution in [1.29, 1.82) is 0 Å². The van der Waals surface area contributed by atoms with Gasteiger partial charge in [-0.2, -0.15) is 0 Å². The molecule has 1 aliphatic rings. The fourth-order valence-corrected chi connectivity index (χ4v) is 2.40. The van der Waals surface area contributed by atoms with Crippen LogP contribution in [0.2, 0.25) is 0 Å². The lowest BCUT2D eigenvalue weighted by Gasteiger charge is -2.16. The number of nitrogens with zero attached hydrogens (tertiary/aromatic N) is 1. The fourth-order valence-electron chi connectivity index (χ4n) is 1.94. The number of amides is 1. The Hall–Kier alpha value is -1.49. The predicted octanol–water partition coefficient (Wildman–Crippen LogP) is 1.85. The third-order valence-electron chi connectivity index (χ3n) is 2.87. The summed E-state index contributed by atoms with van der Waals surface area (Å²) in [5.41, 5.74) is 0.783. The summed E-state index contributed by atoms with van der Waals surface area (Å²) in [7, 11) is 0. The lowest BCUT2D eigenvalue weighted by Crippen LogP contribution is -2.30. The van der Waals surface area contributed by atoms with Crippen LogP contribution in [-0.2, 0) is 9.59 Å². The first-order valence-electron chi connectivity index (χ1n) is 5.31. The highest BCUT2D eigenvalue weighted by Crippen LogP contribution is 2.28. The van der Waals surface area contributed by atoms with Gasteiger partial charge >= 0.3 is 5.97 Å². The maximum absolute atomic E-state index is 11.9. The van der Waals surface area contributed by atoms with E-state index in [9.17, 15) is 9.59 Å². The fraction of sp³-hybridized carbons (Fsp3) is 0.333. The summed E-state index contributed by atoms with van der Waals surface area (Å²) in [6, 6.07) is 7.58. The van der Waals surface area contributed by atoms with Crippen molar-refractivity contribution in [3.8, 4) is 0 Å². The molecule has 0 spiro atoms. The number of thioether (sulfide) groups is 1. The first-order valence-corrected chi connectivity index (χ1v) is 6.54. The minimum atomic E-state index is -1.03. The summed E-state index contributed by atoms with van der Waals surface area (Å²) in [6.07, 6.45) is 2.35. The molecular formula is C12H13NO3S. The molecule has 1 N–H and O–H groups in total. The van der Waals surface area contributed by atoms with E-state index in [-0.39, 0.29) is 5.91 Å². The highest BCUT2D eigenvalue weighted by atomic mass is 32.2. The highest BCUT2D eigenvalue weighted by Gasteiger charge is 2.37. The summed E-state index contributed by atoms with van der Waals surface area (Å²) < 4.78 is 0. The van der Waals surface area contributed by atoms with Gasteiger partial charge in [-0.1, -0.05) is 6.07 Å². The third-order valence-corrected chi connectivity index (χ3v) is 3.59. The van der Waals surface area contributed by atoms with E-state index < -0.39 is 11.9 Å². The summed E-state index contributed by atoms with van der Waals surface area (Å²) >= 11 is 1.60. The molecule has 1 unspecified atom stereocenters. The van der Waals surface area contributed by atoms with E-state index in [1.54, 1.807) is 16.7 Å². The minimum absolute atomic E-state index is 0.309. The number of carboxylic acid groups (broad SMARTS) is 1. The Morgan fingerprint density at radius 2 is 2.29 bits per heavy atom. The summed E-state index contributed by atoms with van der Waals surface area (Å²) in [5, 5.41) is 8.90. The van der Waals surface area contributed by atoms with Gasteiger partial charge in [-0.25, -0.2) is 0 Å². The number of carbonyl (C=O) groups is 2. The van der Waals surface area contributed by atoms with Gasteiger partial charge in [0.2, 0.25) is 5.91 Å². The van der Waals surface area contributed by atoms with E-state index in [2.05, 4.69) is 0 Å². The molecule has 1 fully saturated rings. The standard InChI is InChI=1S/C12H13NO3S/c1-17-9-4-2-3-8(7-9)13-6-5-10(11(13)14)12(15)16/h2-4,7,10H,5-6H2,1H3,(H,15,16). The highest BCUT2D eigenvalue weighted by molar-refractivity contribution is 7.98. The Kier molecular flexibility index (Phi) is 3.38. The number of aliphatic carboxylic acids is 1. The molecule has 2 rings (SSSR count). The van der Waals surface area contributed by atoms with Gasteiger partial charge in [0.1, 0.15) is 5.92 Å². The van der Waals surface area contributed by atoms with Crippen molar-refractivity contribution >= 4 is 29.3 Å². The molecule has 90 valence electrons. The molecule has 0 aromatic heterocycles. The molecule has 0 aliphatic carbocycles. The Labute approximate surface area is 104 Å². The van der Waals surface area contributed by atoms with E-state index >= 15 is 0 Å². The smallest absolute Gasteiger partial charge is 0.316 e. The second-order valence-electron chi connectivity index (χ2n) is 3.87. The maximum Gasteiger partial charge on any atom is 0.316 e. The van der Waals surface area contributed by atoms with Gasteiger partial charge in [-0.15, -0.1) is 11.8 Å². The van der Waals surface area contributed by atoms with Gasteiger partial charge in [0.05, 0.1) is 0 Å². The van der Waals surface area contributed by atoms with Gasteiger partial charge < -0.3 is 10.0 Å². The van der Waals surface area contributed by atoms with Crippen molar-refractivity contribution in [2.75, 3.05) is 17.7 Å². The second-order valence-corrected chi connectivity index (χ2v) is 4.75. The molecule has 1 amide bonds. The third kappa shape index (κ3) is 2.29. The van der Waals surface area contributed by atoms with E-state index in [1.165, 1.54) is 0 Å². The molecular weight excluding hydrogens is 238 g/mol. The van der Waals surface area contributed by atoms with Crippen LogP contribution in [0.1, 0.15) is 6.42 Å². The molecule has 1 aromatic carbocycles. The van der Waals surface area contributed by atoms with E-state index in [0.717, 1.165) is 10.6 Å². The Balaban J connectivity index is 2.24. The van der Waals surface area contributed by atoms with Crippen LogP contribution in [-0.4, -0.2) is 29.8 Å². The molecule has 1 saturated heterocycles. The zero-order valence-corrected chi connectivity index (χ0v) is 10.2. The normalized spacial score (nSPS) is 19.7. The van der Waals surface area contributed by atoms with Gasteiger partial charge in [0, 0.05) is 17.1 Å². The molecule has 0 radical (unpaired) electrons. The van der Waals surface area contributed by atoms with Gasteiger partial charge in [-0.05, 0) is 30.9 Å². The van der Waals surface area contributed by atoms with Crippen molar-refractivity contribution in [2.24, 2.45) is 5.92 Å². The molecule has 1 heterocycles. The second kappa shape index (κ2) is 4.79. The molecule has 5 heteroatoms. The first kappa shape index (κ1) is 12.0. The zero-order valence-electron chi connectivity index (χ0n) is 9.42. The predicted molar refractivity (Wildman–Crippen MR) is 66.3 cm³/mol. The Morgan fingerprint density at radius 3 is 2.88 bits per heavy atom. The lowest BCUT2D eigenvalue weighted by atomic mass is 10.1. The van der Waals surface area contributed by atoms with E-state index in [0.29, 0.717) is 13.0 Å². The average molecular weight is 251 g/mol. The summed E-state index contributed by atoms with van der Waals surface area (Å²) in [5.74, 6) is -2.22. The molecule has 1 aliphatic heterocycles. The van der Waals surface area contributed by atoms with Crippen LogP contribution in [0.5, 0.6) is 0 Å². The van der Waals surface area contributed by atoms with Crippen LogP contribution >= 0.6 is 11.8 Å². The molecule has 0 bridgehead atoms. The Morgan fingerprint density at radius 1 is 1.53 bits per heavy atom. The molecule has 1 atom stereocenters. The monoisotopic (exact) mass is 251 g/mol. The zero-order chi connectivity index (χ0) is 12.4. The van der Waals surface area contributed by atoms with Crippen molar-refractivity contribution in [2.45, 2.75) is 11.3 Å². The molecule has 0 saturated carbocycles. The maximum atomic E-state index is 11.9. The number of anilines is 1. The lowest BCUT2D eigenvalue weighted by molar-refractivity contribution is -0.144. The van der Waals surface area contributed by atoms with Crippen molar-refractivity contribution < 1.29 is 14.7 Å². The van der Waals surface area contributed by atoms with Gasteiger partial charge in [0.25, 0.3) is 0 Å². The summed E-state index contributed by atoms with van der Waals surface area (Å²) in [4.78, 5) is 25.4. The topological polar surface area (TPSA) is 57.6 Å². The van der Waals surface area contributed by atoms with Crippen LogP contribution in [0.25, 0.3) is 0 Å². The van der Waals surface area contributed by atoms with Gasteiger partial charge in [-0.3, -0.25) is 9.59 Å². The van der Waals surface area contributed by atoms with Crippen molar-refractivity contribution in [3.63, 3.8) is 0 Å². The van der Waals surface area contributed by atoms with E-state index in [1.807, 2.05) is 30.5 Å². The van der Waals surface area contributed by atoms with E-state index in [4.69, 9.17) is 5.11 Å². The quantitative estimate of drug-likeness (QED) is 0.658. The van der Waals surface area contributed by atoms with Gasteiger partial charge in [0.15, 0.2) is 0 Å². The van der Waals surface area contributed by atoms with Crippen LogP contribution in [0.4, 0.5) is 5.69 Å². The Bertz CT molecular complexity index is 461. The number of carboxylic acids is 1. The molecule has 4 nitrogen and oxygen atoms in total. The first-order chi connectivity index (χ1) is 8.13. The SMILES string of the molecule is CSc1cccc(N2CCC(C(=O)O)C2=O)c1. The average Bonchev–Trinajstić information content (AvgIpc) is 2.71. The number of hydrogen-bond acceptors (Lipinski definition) is 3. The number of hydrogen-bond donors (Lipinski definition) is 1. The number of carbonyl (C=O) groups excluding carboxylic acids is 1. The number of benzene rings is 1. The van der Waals surface area contributed by atoms with Crippen LogP contribution in [0.3, 0.4) is 0 Å². The summed E-state index contributed by atoms with van der Waals surface area (Å²) in [6.45, 7) is 0.480. The van der Waals surface area contributed by atoms with Crippen LogP contribution < -0.4 is 4.90 Å². The minimum Gasteiger partial charge on any atom is -0.481 e. The molecule has 1 aromatic rings. The molecule has 17 heavy (non-hydrogen) atoms. The van der Waals surface area contributed by atoms with Crippen molar-refractivity contribution in [1.82, 2.24) is 0 Å². The number of rotatable bonds is 3. The van der Waals surface area contributed by atoms with Crippen LogP contribution in [0.15, 0.2) is 29.2 Å². The largest absolute Gasteiger partial charge is 0.481 e. The van der Waals surface area contributed by atoms with Crippen molar-refractivity contribution in [3.05, 3.63) is 24.3 Å².